The van der Waals surface area contributed by atoms with Gasteiger partial charge in [-0.25, -0.2) is 4.79 Å². The maximum absolute atomic E-state index is 11.7. The summed E-state index contributed by atoms with van der Waals surface area (Å²) < 4.78 is 10.3. The molecule has 1 aliphatic rings. The molecule has 1 fully saturated rings. The normalized spacial score (nSPS) is 18.6. The second-order valence-corrected chi connectivity index (χ2v) is 4.29. The highest BCUT2D eigenvalue weighted by Crippen LogP contribution is 2.11. The topological polar surface area (TPSA) is 59.6 Å². The number of carbonyl (C=O) groups excluding carboxylic acids is 1. The molecule has 2 rings (SSSR count). The van der Waals surface area contributed by atoms with Gasteiger partial charge in [-0.05, 0) is 24.1 Å². The van der Waals surface area contributed by atoms with Gasteiger partial charge in [0.05, 0.1) is 19.3 Å². The highest BCUT2D eigenvalue weighted by molar-refractivity contribution is 5.89. The molecular weight excluding hydrogens is 232 g/mol. The molecule has 0 aliphatic carbocycles. The summed E-state index contributed by atoms with van der Waals surface area (Å²) in [5.74, 6) is 0. The van der Waals surface area contributed by atoms with Gasteiger partial charge in [0.1, 0.15) is 0 Å². The number of nitrogens with one attached hydrogen (secondary N) is 2. The maximum Gasteiger partial charge on any atom is 0.319 e. The fraction of sp³-hybridized carbons (Fsp3) is 0.462. The number of benzene rings is 1. The Bertz CT molecular complexity index is 403. The standard InChI is InChI=1S/C13H18N2O3/c1-17-8-10-3-2-4-11(7-10)14-13(16)15-12-5-6-18-9-12/h2-4,7,12H,5-6,8-9H2,1H3,(H2,14,15,16). The summed E-state index contributed by atoms with van der Waals surface area (Å²) in [4.78, 5) is 11.7. The van der Waals surface area contributed by atoms with Crippen LogP contribution in [0.3, 0.4) is 0 Å². The molecule has 0 spiro atoms. The zero-order chi connectivity index (χ0) is 12.8. The van der Waals surface area contributed by atoms with Crippen LogP contribution in [0.4, 0.5) is 10.5 Å². The van der Waals surface area contributed by atoms with Gasteiger partial charge in [-0.2, -0.15) is 0 Å². The van der Waals surface area contributed by atoms with E-state index in [1.807, 2.05) is 24.3 Å². The zero-order valence-electron chi connectivity index (χ0n) is 10.4. The predicted octanol–water partition coefficient (Wildman–Crippen LogP) is 1.74. The molecule has 1 unspecified atom stereocenters. The number of hydrogen-bond donors (Lipinski definition) is 2. The van der Waals surface area contributed by atoms with Crippen LogP contribution in [0, 0.1) is 0 Å². The Balaban J connectivity index is 1.87. The fourth-order valence-electron chi connectivity index (χ4n) is 1.91. The van der Waals surface area contributed by atoms with E-state index in [9.17, 15) is 4.79 Å². The van der Waals surface area contributed by atoms with Crippen molar-refractivity contribution in [3.63, 3.8) is 0 Å². The number of amides is 2. The molecular formula is C13H18N2O3. The molecule has 1 saturated heterocycles. The first-order valence-corrected chi connectivity index (χ1v) is 6.01. The van der Waals surface area contributed by atoms with Crippen molar-refractivity contribution in [2.75, 3.05) is 25.6 Å². The number of hydrogen-bond acceptors (Lipinski definition) is 3. The minimum Gasteiger partial charge on any atom is -0.380 e. The van der Waals surface area contributed by atoms with Gasteiger partial charge in [0.2, 0.25) is 0 Å². The van der Waals surface area contributed by atoms with Gasteiger partial charge in [-0.15, -0.1) is 0 Å². The monoisotopic (exact) mass is 250 g/mol. The van der Waals surface area contributed by atoms with Crippen molar-refractivity contribution in [2.24, 2.45) is 0 Å². The van der Waals surface area contributed by atoms with Gasteiger partial charge >= 0.3 is 6.03 Å². The smallest absolute Gasteiger partial charge is 0.319 e. The van der Waals surface area contributed by atoms with Crippen LogP contribution in [-0.2, 0) is 16.1 Å². The predicted molar refractivity (Wildman–Crippen MR) is 68.5 cm³/mol. The van der Waals surface area contributed by atoms with Crippen molar-refractivity contribution in [2.45, 2.75) is 19.1 Å². The molecule has 1 aromatic rings. The summed E-state index contributed by atoms with van der Waals surface area (Å²) >= 11 is 0. The van der Waals surface area contributed by atoms with Gasteiger partial charge in [-0.1, -0.05) is 12.1 Å². The summed E-state index contributed by atoms with van der Waals surface area (Å²) in [6.45, 7) is 1.85. The number of ether oxygens (including phenoxy) is 2. The number of rotatable bonds is 4. The lowest BCUT2D eigenvalue weighted by atomic mass is 10.2. The van der Waals surface area contributed by atoms with Crippen LogP contribution in [0.5, 0.6) is 0 Å². The van der Waals surface area contributed by atoms with Crippen LogP contribution in [0.1, 0.15) is 12.0 Å². The molecule has 1 aromatic carbocycles. The lowest BCUT2D eigenvalue weighted by molar-refractivity contribution is 0.185. The van der Waals surface area contributed by atoms with E-state index in [4.69, 9.17) is 9.47 Å². The maximum atomic E-state index is 11.7. The average Bonchev–Trinajstić information content (AvgIpc) is 2.82. The Morgan fingerprint density at radius 3 is 3.17 bits per heavy atom. The van der Waals surface area contributed by atoms with Crippen molar-refractivity contribution in [3.05, 3.63) is 29.8 Å². The summed E-state index contributed by atoms with van der Waals surface area (Å²) in [5, 5.41) is 5.68. The third-order valence-electron chi connectivity index (χ3n) is 2.76. The second-order valence-electron chi connectivity index (χ2n) is 4.29. The molecule has 2 N–H and O–H groups in total. The van der Waals surface area contributed by atoms with E-state index in [1.54, 1.807) is 7.11 Å². The molecule has 5 heteroatoms. The molecule has 0 saturated carbocycles. The largest absolute Gasteiger partial charge is 0.380 e. The van der Waals surface area contributed by atoms with E-state index in [0.29, 0.717) is 19.8 Å². The van der Waals surface area contributed by atoms with Crippen molar-refractivity contribution in [1.29, 1.82) is 0 Å². The second kappa shape index (κ2) is 6.37. The molecule has 0 bridgehead atoms. The quantitative estimate of drug-likeness (QED) is 0.855. The molecule has 2 amide bonds. The number of carbonyl (C=O) groups is 1. The SMILES string of the molecule is COCc1cccc(NC(=O)NC2CCOC2)c1. The minimum atomic E-state index is -0.194. The van der Waals surface area contributed by atoms with Crippen LogP contribution in [0.2, 0.25) is 0 Å². The first-order chi connectivity index (χ1) is 8.78. The first kappa shape index (κ1) is 12.9. The minimum absolute atomic E-state index is 0.118. The summed E-state index contributed by atoms with van der Waals surface area (Å²) in [7, 11) is 1.65. The van der Waals surface area contributed by atoms with Gasteiger partial charge in [0.25, 0.3) is 0 Å². The molecule has 0 aromatic heterocycles. The summed E-state index contributed by atoms with van der Waals surface area (Å²) in [6.07, 6.45) is 0.872. The number of methoxy groups -OCH3 is 1. The number of urea groups is 1. The molecule has 18 heavy (non-hydrogen) atoms. The van der Waals surface area contributed by atoms with E-state index in [1.165, 1.54) is 0 Å². The van der Waals surface area contributed by atoms with Crippen molar-refractivity contribution >= 4 is 11.7 Å². The summed E-state index contributed by atoms with van der Waals surface area (Å²) in [6, 6.07) is 7.52. The summed E-state index contributed by atoms with van der Waals surface area (Å²) in [5.41, 5.74) is 1.79. The van der Waals surface area contributed by atoms with E-state index < -0.39 is 0 Å². The molecule has 1 aliphatic heterocycles. The Hall–Kier alpha value is -1.59. The van der Waals surface area contributed by atoms with Crippen LogP contribution < -0.4 is 10.6 Å². The highest BCUT2D eigenvalue weighted by Gasteiger charge is 2.17. The molecule has 1 heterocycles. The molecule has 1 atom stereocenters. The van der Waals surface area contributed by atoms with E-state index >= 15 is 0 Å². The van der Waals surface area contributed by atoms with E-state index in [0.717, 1.165) is 17.7 Å². The Morgan fingerprint density at radius 2 is 2.44 bits per heavy atom. The van der Waals surface area contributed by atoms with Crippen LogP contribution in [0.15, 0.2) is 24.3 Å². The van der Waals surface area contributed by atoms with Crippen molar-refractivity contribution < 1.29 is 14.3 Å². The van der Waals surface area contributed by atoms with Crippen LogP contribution in [0.25, 0.3) is 0 Å². The molecule has 0 radical (unpaired) electrons. The van der Waals surface area contributed by atoms with Gasteiger partial charge in [0.15, 0.2) is 0 Å². The van der Waals surface area contributed by atoms with Crippen LogP contribution >= 0.6 is 0 Å². The molecule has 98 valence electrons. The highest BCUT2D eigenvalue weighted by atomic mass is 16.5. The van der Waals surface area contributed by atoms with E-state index in [2.05, 4.69) is 10.6 Å². The van der Waals surface area contributed by atoms with Gasteiger partial charge < -0.3 is 20.1 Å². The Morgan fingerprint density at radius 1 is 1.56 bits per heavy atom. The third kappa shape index (κ3) is 3.72. The fourth-order valence-corrected chi connectivity index (χ4v) is 1.91. The van der Waals surface area contributed by atoms with Crippen molar-refractivity contribution in [3.8, 4) is 0 Å². The zero-order valence-corrected chi connectivity index (χ0v) is 10.4. The first-order valence-electron chi connectivity index (χ1n) is 6.01. The van der Waals surface area contributed by atoms with Gasteiger partial charge in [-0.3, -0.25) is 0 Å². The van der Waals surface area contributed by atoms with E-state index in [-0.39, 0.29) is 12.1 Å². The van der Waals surface area contributed by atoms with Crippen molar-refractivity contribution in [1.82, 2.24) is 5.32 Å². The van der Waals surface area contributed by atoms with Crippen LogP contribution in [-0.4, -0.2) is 32.4 Å². The third-order valence-corrected chi connectivity index (χ3v) is 2.76. The Labute approximate surface area is 106 Å². The van der Waals surface area contributed by atoms with Gasteiger partial charge in [0, 0.05) is 19.4 Å². The molecule has 5 nitrogen and oxygen atoms in total. The lowest BCUT2D eigenvalue weighted by Gasteiger charge is -2.12. The Kier molecular flexibility index (Phi) is 4.55. The number of anilines is 1. The lowest BCUT2D eigenvalue weighted by Crippen LogP contribution is -2.38. The average molecular weight is 250 g/mol.